The highest BCUT2D eigenvalue weighted by Crippen LogP contribution is 2.47. The SMILES string of the molecule is Cc1ccc2c(c1)[C@@H]1C[N@@+](C)(Cc3ccc(C#N)cc3)CC[C@@H]1N2C(=O)c1ccccc1Cl. The van der Waals surface area contributed by atoms with Gasteiger partial charge in [-0.15, -0.1) is 0 Å². The molecule has 3 aromatic carbocycles. The zero-order valence-electron chi connectivity index (χ0n) is 19.0. The second kappa shape index (κ2) is 8.33. The summed E-state index contributed by atoms with van der Waals surface area (Å²) in [4.78, 5) is 15.7. The summed E-state index contributed by atoms with van der Waals surface area (Å²) in [5, 5.41) is 9.59. The number of aryl methyl sites for hydroxylation is 1. The van der Waals surface area contributed by atoms with Gasteiger partial charge in [-0.25, -0.2) is 0 Å². The number of carbonyl (C=O) groups is 1. The molecule has 0 bridgehead atoms. The highest BCUT2D eigenvalue weighted by atomic mass is 35.5. The summed E-state index contributed by atoms with van der Waals surface area (Å²) >= 11 is 6.41. The first-order valence-corrected chi connectivity index (χ1v) is 11.8. The molecule has 166 valence electrons. The van der Waals surface area contributed by atoms with Crippen molar-refractivity contribution in [1.82, 2.24) is 0 Å². The van der Waals surface area contributed by atoms with Crippen LogP contribution in [0.1, 0.15) is 45.0 Å². The summed E-state index contributed by atoms with van der Waals surface area (Å²) in [6, 6.07) is 24.0. The van der Waals surface area contributed by atoms with Crippen molar-refractivity contribution in [3.63, 3.8) is 0 Å². The van der Waals surface area contributed by atoms with Crippen molar-refractivity contribution in [2.75, 3.05) is 25.0 Å². The van der Waals surface area contributed by atoms with E-state index in [1.54, 1.807) is 6.07 Å². The van der Waals surface area contributed by atoms with Crippen molar-refractivity contribution in [3.05, 3.63) is 99.6 Å². The van der Waals surface area contributed by atoms with E-state index in [9.17, 15) is 4.79 Å². The summed E-state index contributed by atoms with van der Waals surface area (Å²) in [5.41, 5.74) is 5.99. The van der Waals surface area contributed by atoms with E-state index in [4.69, 9.17) is 16.9 Å². The van der Waals surface area contributed by atoms with Crippen molar-refractivity contribution in [2.24, 2.45) is 0 Å². The Bertz CT molecular complexity index is 1260. The van der Waals surface area contributed by atoms with Gasteiger partial charge in [0.15, 0.2) is 0 Å². The summed E-state index contributed by atoms with van der Waals surface area (Å²) in [7, 11) is 2.31. The van der Waals surface area contributed by atoms with Crippen molar-refractivity contribution in [1.29, 1.82) is 5.26 Å². The molecular weight excluding hydrogens is 430 g/mol. The summed E-state index contributed by atoms with van der Waals surface area (Å²) < 4.78 is 0.911. The number of amides is 1. The fraction of sp³-hybridized carbons (Fsp3) is 0.286. The van der Waals surface area contributed by atoms with E-state index in [0.717, 1.165) is 36.2 Å². The van der Waals surface area contributed by atoms with Gasteiger partial charge in [0, 0.05) is 17.7 Å². The van der Waals surface area contributed by atoms with Crippen LogP contribution in [0.15, 0.2) is 66.7 Å². The molecule has 2 aliphatic heterocycles. The summed E-state index contributed by atoms with van der Waals surface area (Å²) in [6.07, 6.45) is 0.932. The first-order chi connectivity index (χ1) is 15.9. The number of carbonyl (C=O) groups excluding carboxylic acids is 1. The molecule has 5 rings (SSSR count). The van der Waals surface area contributed by atoms with E-state index in [1.807, 2.05) is 35.2 Å². The van der Waals surface area contributed by atoms with E-state index >= 15 is 0 Å². The molecule has 0 aromatic heterocycles. The molecule has 0 radical (unpaired) electrons. The molecule has 4 nitrogen and oxygen atoms in total. The standard InChI is InChI=1S/C28H27ClN3O/c1-19-7-12-26-23(15-19)24-18-32(2,17-21-10-8-20(16-30)9-11-21)14-13-27(24)31(26)28(33)22-5-3-4-6-25(22)29/h3-12,15,24,27H,13-14,17-18H2,1-2H3/q+1/t24-,27-,32+/m0/s1. The third-order valence-electron chi connectivity index (χ3n) is 7.21. The third-order valence-corrected chi connectivity index (χ3v) is 7.54. The summed E-state index contributed by atoms with van der Waals surface area (Å²) in [5.74, 6) is 0.268. The Hall–Kier alpha value is -3.13. The molecule has 0 saturated carbocycles. The minimum atomic E-state index is -0.0126. The van der Waals surface area contributed by atoms with Gasteiger partial charge in [0.25, 0.3) is 5.91 Å². The maximum absolute atomic E-state index is 13.7. The Balaban J connectivity index is 1.47. The number of anilines is 1. The number of likely N-dealkylation sites (N-methyl/N-ethyl adjacent to an activating group) is 1. The van der Waals surface area contributed by atoms with Crippen LogP contribution in [-0.4, -0.2) is 36.6 Å². The van der Waals surface area contributed by atoms with Gasteiger partial charge in [0.2, 0.25) is 0 Å². The van der Waals surface area contributed by atoms with Crippen LogP contribution in [0.4, 0.5) is 5.69 Å². The van der Waals surface area contributed by atoms with Gasteiger partial charge in [0.05, 0.1) is 54.3 Å². The topological polar surface area (TPSA) is 44.1 Å². The highest BCUT2D eigenvalue weighted by Gasteiger charge is 2.49. The molecule has 0 unspecified atom stereocenters. The smallest absolute Gasteiger partial charge is 0.260 e. The zero-order valence-corrected chi connectivity index (χ0v) is 19.7. The van der Waals surface area contributed by atoms with E-state index in [2.05, 4.69) is 50.4 Å². The molecule has 1 saturated heterocycles. The molecule has 1 amide bonds. The lowest BCUT2D eigenvalue weighted by Crippen LogP contribution is -2.56. The van der Waals surface area contributed by atoms with Crippen molar-refractivity contribution in [2.45, 2.75) is 31.8 Å². The molecule has 0 N–H and O–H groups in total. The molecular formula is C28H27ClN3O+. The highest BCUT2D eigenvalue weighted by molar-refractivity contribution is 6.34. The molecule has 33 heavy (non-hydrogen) atoms. The number of rotatable bonds is 3. The molecule has 3 aromatic rings. The van der Waals surface area contributed by atoms with Gasteiger partial charge in [-0.2, -0.15) is 5.26 Å². The molecule has 2 heterocycles. The Kier molecular flexibility index (Phi) is 5.48. The fourth-order valence-corrected chi connectivity index (χ4v) is 5.83. The van der Waals surface area contributed by atoms with Crippen LogP contribution in [0.5, 0.6) is 0 Å². The zero-order chi connectivity index (χ0) is 23.2. The molecule has 3 atom stereocenters. The molecule has 2 aliphatic rings. The van der Waals surface area contributed by atoms with Crippen LogP contribution in [0.3, 0.4) is 0 Å². The fourth-order valence-electron chi connectivity index (χ4n) is 5.61. The second-order valence-electron chi connectivity index (χ2n) is 9.67. The number of likely N-dealkylation sites (tertiary alicyclic amines) is 1. The number of nitriles is 1. The number of piperidine rings is 1. The van der Waals surface area contributed by atoms with Crippen LogP contribution in [0.25, 0.3) is 0 Å². The van der Waals surface area contributed by atoms with E-state index in [-0.39, 0.29) is 17.9 Å². The average Bonchev–Trinajstić information content (AvgIpc) is 3.11. The molecule has 5 heteroatoms. The van der Waals surface area contributed by atoms with Gasteiger partial charge in [-0.1, -0.05) is 53.6 Å². The summed E-state index contributed by atoms with van der Waals surface area (Å²) in [6.45, 7) is 4.98. The average molecular weight is 457 g/mol. The molecule has 0 spiro atoms. The Morgan fingerprint density at radius 2 is 1.91 bits per heavy atom. The predicted molar refractivity (Wildman–Crippen MR) is 131 cm³/mol. The third kappa shape index (κ3) is 3.93. The first-order valence-electron chi connectivity index (χ1n) is 11.4. The van der Waals surface area contributed by atoms with E-state index in [1.165, 1.54) is 16.7 Å². The van der Waals surface area contributed by atoms with Crippen molar-refractivity contribution < 1.29 is 9.28 Å². The number of hydrogen-bond acceptors (Lipinski definition) is 2. The van der Waals surface area contributed by atoms with Gasteiger partial charge in [0.1, 0.15) is 6.54 Å². The first kappa shape index (κ1) is 21.7. The van der Waals surface area contributed by atoms with Crippen molar-refractivity contribution in [3.8, 4) is 6.07 Å². The maximum Gasteiger partial charge on any atom is 0.260 e. The van der Waals surface area contributed by atoms with Crippen LogP contribution >= 0.6 is 11.6 Å². The quantitative estimate of drug-likeness (QED) is 0.475. The number of fused-ring (bicyclic) bond motifs is 3. The molecule has 0 aliphatic carbocycles. The minimum Gasteiger partial charge on any atom is -0.322 e. The Morgan fingerprint density at radius 1 is 1.15 bits per heavy atom. The van der Waals surface area contributed by atoms with Gasteiger partial charge >= 0.3 is 0 Å². The Labute approximate surface area is 200 Å². The normalized spacial score (nSPS) is 23.5. The lowest BCUT2D eigenvalue weighted by molar-refractivity contribution is -0.928. The molecule has 1 fully saturated rings. The van der Waals surface area contributed by atoms with E-state index < -0.39 is 0 Å². The Morgan fingerprint density at radius 3 is 2.64 bits per heavy atom. The van der Waals surface area contributed by atoms with E-state index in [0.29, 0.717) is 16.1 Å². The van der Waals surface area contributed by atoms with Crippen molar-refractivity contribution >= 4 is 23.2 Å². The largest absolute Gasteiger partial charge is 0.322 e. The van der Waals surface area contributed by atoms with Crippen LogP contribution in [0, 0.1) is 18.3 Å². The number of halogens is 1. The van der Waals surface area contributed by atoms with Crippen LogP contribution in [0.2, 0.25) is 5.02 Å². The number of benzene rings is 3. The second-order valence-corrected chi connectivity index (χ2v) is 10.1. The van der Waals surface area contributed by atoms with Gasteiger partial charge < -0.3 is 9.38 Å². The number of quaternary nitrogens is 1. The monoisotopic (exact) mass is 456 g/mol. The number of hydrogen-bond donors (Lipinski definition) is 0. The maximum atomic E-state index is 13.7. The lowest BCUT2D eigenvalue weighted by atomic mass is 9.87. The van der Waals surface area contributed by atoms with Gasteiger partial charge in [-0.05, 0) is 42.8 Å². The lowest BCUT2D eigenvalue weighted by Gasteiger charge is -2.44. The minimum absolute atomic E-state index is 0.0126. The predicted octanol–water partition coefficient (Wildman–Crippen LogP) is 5.68. The van der Waals surface area contributed by atoms with Crippen LogP contribution < -0.4 is 4.90 Å². The van der Waals surface area contributed by atoms with Gasteiger partial charge in [-0.3, -0.25) is 4.79 Å². The van der Waals surface area contributed by atoms with Crippen LogP contribution in [-0.2, 0) is 6.54 Å². The number of nitrogens with zero attached hydrogens (tertiary/aromatic N) is 3.